The van der Waals surface area contributed by atoms with Crippen LogP contribution < -0.4 is 4.90 Å². The normalized spacial score (nSPS) is 14.7. The van der Waals surface area contributed by atoms with Crippen LogP contribution in [-0.4, -0.2) is 46.2 Å². The number of aromatic nitrogens is 3. The van der Waals surface area contributed by atoms with Gasteiger partial charge in [0.25, 0.3) is 0 Å². The third kappa shape index (κ3) is 4.05. The van der Waals surface area contributed by atoms with E-state index in [1.165, 1.54) is 11.1 Å². The first kappa shape index (κ1) is 22.5. The van der Waals surface area contributed by atoms with Gasteiger partial charge in [0.2, 0.25) is 0 Å². The summed E-state index contributed by atoms with van der Waals surface area (Å²) in [5, 5.41) is 4.01. The number of hydrogen-bond donors (Lipinski definition) is 1. The Hall–Kier alpha value is -3.97. The molecule has 3 aromatic carbocycles. The Morgan fingerprint density at radius 3 is 2.11 bits per heavy atom. The fourth-order valence-corrected chi connectivity index (χ4v) is 5.31. The van der Waals surface area contributed by atoms with Crippen molar-refractivity contribution in [3.8, 4) is 11.4 Å². The molecule has 6 rings (SSSR count). The second kappa shape index (κ2) is 9.24. The number of hydrogen-bond acceptors (Lipinski definition) is 5. The molecule has 0 atom stereocenters. The van der Waals surface area contributed by atoms with E-state index in [4.69, 9.17) is 9.51 Å². The van der Waals surface area contributed by atoms with E-state index >= 15 is 4.39 Å². The maximum atomic E-state index is 15.3. The van der Waals surface area contributed by atoms with Gasteiger partial charge < -0.3 is 14.4 Å². The van der Waals surface area contributed by atoms with E-state index in [0.717, 1.165) is 43.0 Å². The molecule has 3 heterocycles. The number of fused-ring (bicyclic) bond motifs is 1. The van der Waals surface area contributed by atoms with Crippen LogP contribution in [0.2, 0.25) is 0 Å². The van der Waals surface area contributed by atoms with Crippen LogP contribution >= 0.6 is 0 Å². The zero-order valence-corrected chi connectivity index (χ0v) is 20.4. The van der Waals surface area contributed by atoms with Crippen molar-refractivity contribution in [2.75, 3.05) is 31.1 Å². The molecule has 5 aromatic rings. The highest BCUT2D eigenvalue weighted by Crippen LogP contribution is 2.33. The monoisotopic (exact) mass is 481 g/mol. The van der Waals surface area contributed by atoms with Gasteiger partial charge in [-0.3, -0.25) is 4.90 Å². The summed E-state index contributed by atoms with van der Waals surface area (Å²) in [4.78, 5) is 12.6. The summed E-state index contributed by atoms with van der Waals surface area (Å²) in [6.45, 7) is 6.86. The van der Waals surface area contributed by atoms with Crippen LogP contribution in [0.15, 0.2) is 77.3 Å². The quantitative estimate of drug-likeness (QED) is 0.339. The minimum Gasteiger partial charge on any atom is -0.367 e. The number of nitrogens with one attached hydrogen (secondary N) is 1. The lowest BCUT2D eigenvalue weighted by Gasteiger charge is -2.40. The molecule has 1 fully saturated rings. The molecule has 1 aliphatic heterocycles. The van der Waals surface area contributed by atoms with E-state index < -0.39 is 0 Å². The Morgan fingerprint density at radius 2 is 1.53 bits per heavy atom. The van der Waals surface area contributed by atoms with Crippen molar-refractivity contribution in [1.82, 2.24) is 20.0 Å². The molecule has 6 nitrogen and oxygen atoms in total. The number of halogens is 1. The molecular weight excluding hydrogens is 453 g/mol. The smallest absolute Gasteiger partial charge is 0.148 e. The Bertz CT molecular complexity index is 1430. The molecule has 182 valence electrons. The van der Waals surface area contributed by atoms with Crippen molar-refractivity contribution in [2.24, 2.45) is 0 Å². The lowest BCUT2D eigenvalue weighted by atomic mass is 9.96. The van der Waals surface area contributed by atoms with Crippen molar-refractivity contribution in [1.29, 1.82) is 0 Å². The molecular formula is C29H28FN5O. The van der Waals surface area contributed by atoms with Crippen LogP contribution in [0.1, 0.15) is 28.6 Å². The second-order valence-electron chi connectivity index (χ2n) is 9.35. The molecule has 0 saturated carbocycles. The highest BCUT2D eigenvalue weighted by Gasteiger charge is 2.28. The Labute approximate surface area is 209 Å². The largest absolute Gasteiger partial charge is 0.367 e. The van der Waals surface area contributed by atoms with Crippen LogP contribution in [0.3, 0.4) is 0 Å². The molecule has 0 bridgehead atoms. The molecule has 36 heavy (non-hydrogen) atoms. The van der Waals surface area contributed by atoms with Crippen LogP contribution in [0.25, 0.3) is 22.4 Å². The molecule has 7 heteroatoms. The minimum atomic E-state index is -0.243. The first-order valence-corrected chi connectivity index (χ1v) is 12.3. The maximum absolute atomic E-state index is 15.3. The van der Waals surface area contributed by atoms with Gasteiger partial charge in [0.15, 0.2) is 0 Å². The number of benzene rings is 3. The average Bonchev–Trinajstić information content (AvgIpc) is 3.46. The van der Waals surface area contributed by atoms with Crippen LogP contribution in [0.5, 0.6) is 0 Å². The van der Waals surface area contributed by atoms with Gasteiger partial charge in [-0.1, -0.05) is 65.8 Å². The molecule has 0 aliphatic carbocycles. The lowest BCUT2D eigenvalue weighted by molar-refractivity contribution is 0.212. The SMILES string of the molecule is Cc1noc(C)c1-c1nc2cc(N3CCN(C(c4ccccc4)c4ccccc4)CC3)c(F)cc2[nH]1. The summed E-state index contributed by atoms with van der Waals surface area (Å²) in [6, 6.07) is 24.8. The topological polar surface area (TPSA) is 61.2 Å². The Morgan fingerprint density at radius 1 is 0.889 bits per heavy atom. The van der Waals surface area contributed by atoms with Crippen molar-refractivity contribution < 1.29 is 8.91 Å². The van der Waals surface area contributed by atoms with Crippen LogP contribution in [-0.2, 0) is 0 Å². The fraction of sp³-hybridized carbons (Fsp3) is 0.241. The van der Waals surface area contributed by atoms with Crippen molar-refractivity contribution in [3.05, 3.63) is 101 Å². The van der Waals surface area contributed by atoms with E-state index in [1.807, 2.05) is 19.9 Å². The van der Waals surface area contributed by atoms with Gasteiger partial charge in [0.05, 0.1) is 34.0 Å². The van der Waals surface area contributed by atoms with Gasteiger partial charge >= 0.3 is 0 Å². The van der Waals surface area contributed by atoms with E-state index in [0.29, 0.717) is 22.8 Å². The predicted octanol–water partition coefficient (Wildman–Crippen LogP) is 5.89. The van der Waals surface area contributed by atoms with Gasteiger partial charge in [-0.25, -0.2) is 9.37 Å². The number of imidazole rings is 1. The molecule has 0 unspecified atom stereocenters. The lowest BCUT2D eigenvalue weighted by Crippen LogP contribution is -2.48. The molecule has 0 amide bonds. The predicted molar refractivity (Wildman–Crippen MR) is 140 cm³/mol. The third-order valence-electron chi connectivity index (χ3n) is 7.07. The van der Waals surface area contributed by atoms with Crippen molar-refractivity contribution in [2.45, 2.75) is 19.9 Å². The van der Waals surface area contributed by atoms with Gasteiger partial charge in [0, 0.05) is 32.2 Å². The first-order chi connectivity index (χ1) is 17.6. The highest BCUT2D eigenvalue weighted by molar-refractivity contribution is 5.83. The van der Waals surface area contributed by atoms with Gasteiger partial charge in [-0.05, 0) is 31.0 Å². The number of H-pyrrole nitrogens is 1. The van der Waals surface area contributed by atoms with Crippen LogP contribution in [0, 0.1) is 19.7 Å². The molecule has 1 saturated heterocycles. The summed E-state index contributed by atoms with van der Waals surface area (Å²) in [7, 11) is 0. The zero-order chi connectivity index (χ0) is 24.6. The number of anilines is 1. The zero-order valence-electron chi connectivity index (χ0n) is 20.4. The Kier molecular flexibility index (Phi) is 5.77. The van der Waals surface area contributed by atoms with E-state index in [1.54, 1.807) is 6.07 Å². The number of aryl methyl sites for hydroxylation is 2. The molecule has 2 aromatic heterocycles. The summed E-state index contributed by atoms with van der Waals surface area (Å²) in [5.41, 5.74) is 6.12. The molecule has 0 spiro atoms. The number of piperazine rings is 1. The van der Waals surface area contributed by atoms with E-state index in [-0.39, 0.29) is 11.9 Å². The van der Waals surface area contributed by atoms with E-state index in [2.05, 4.69) is 80.6 Å². The molecule has 1 N–H and O–H groups in total. The number of nitrogens with zero attached hydrogens (tertiary/aromatic N) is 4. The first-order valence-electron chi connectivity index (χ1n) is 12.3. The standard InChI is InChI=1S/C29H28FN5O/c1-19-27(20(2)36-33-19)29-31-24-17-23(30)26(18-25(24)32-29)34-13-15-35(16-14-34)28(21-9-5-3-6-10-21)22-11-7-4-8-12-22/h3-12,17-18,28H,13-16H2,1-2H3,(H,31,32). The second-order valence-corrected chi connectivity index (χ2v) is 9.35. The van der Waals surface area contributed by atoms with Crippen molar-refractivity contribution >= 4 is 16.7 Å². The molecule has 0 radical (unpaired) electrons. The number of aromatic amines is 1. The summed E-state index contributed by atoms with van der Waals surface area (Å²) < 4.78 is 20.6. The minimum absolute atomic E-state index is 0.172. The van der Waals surface area contributed by atoms with Crippen LogP contribution in [0.4, 0.5) is 10.1 Å². The summed E-state index contributed by atoms with van der Waals surface area (Å²) in [5.74, 6) is 1.10. The maximum Gasteiger partial charge on any atom is 0.148 e. The number of rotatable bonds is 5. The van der Waals surface area contributed by atoms with E-state index in [9.17, 15) is 0 Å². The van der Waals surface area contributed by atoms with Gasteiger partial charge in [0.1, 0.15) is 17.4 Å². The van der Waals surface area contributed by atoms with Gasteiger partial charge in [-0.2, -0.15) is 0 Å². The Balaban J connectivity index is 1.26. The average molecular weight is 482 g/mol. The summed E-state index contributed by atoms with van der Waals surface area (Å²) in [6.07, 6.45) is 0. The van der Waals surface area contributed by atoms with Gasteiger partial charge in [-0.15, -0.1) is 0 Å². The van der Waals surface area contributed by atoms with Crippen molar-refractivity contribution in [3.63, 3.8) is 0 Å². The molecule has 1 aliphatic rings. The summed E-state index contributed by atoms with van der Waals surface area (Å²) >= 11 is 0. The third-order valence-corrected chi connectivity index (χ3v) is 7.07. The highest BCUT2D eigenvalue weighted by atomic mass is 19.1. The fourth-order valence-electron chi connectivity index (χ4n) is 5.31.